The highest BCUT2D eigenvalue weighted by Crippen LogP contribution is 2.28. The lowest BCUT2D eigenvalue weighted by molar-refractivity contribution is 0.203. The summed E-state index contributed by atoms with van der Waals surface area (Å²) in [6, 6.07) is 0.987. The first-order chi connectivity index (χ1) is 10.0. The summed E-state index contributed by atoms with van der Waals surface area (Å²) in [7, 11) is 1.76. The molecule has 0 aliphatic rings. The van der Waals surface area contributed by atoms with Crippen LogP contribution in [0.15, 0.2) is 0 Å². The van der Waals surface area contributed by atoms with Crippen LogP contribution in [0.4, 0.5) is 5.13 Å². The van der Waals surface area contributed by atoms with Gasteiger partial charge in [0.2, 0.25) is 0 Å². The van der Waals surface area contributed by atoms with Gasteiger partial charge in [0.15, 0.2) is 5.13 Å². The molecule has 0 aromatic carbocycles. The normalized spacial score (nSPS) is 12.9. The van der Waals surface area contributed by atoms with Crippen molar-refractivity contribution in [3.05, 3.63) is 10.6 Å². The number of rotatable bonds is 10. The summed E-state index contributed by atoms with van der Waals surface area (Å²) in [6.07, 6.45) is 2.11. The minimum absolute atomic E-state index is 0.488. The molecule has 0 bridgehead atoms. The third kappa shape index (κ3) is 5.57. The number of aryl methyl sites for hydroxylation is 1. The molecule has 0 saturated heterocycles. The average molecular weight is 314 g/mol. The molecule has 4 nitrogen and oxygen atoms in total. The van der Waals surface area contributed by atoms with Crippen LogP contribution in [0.5, 0.6) is 0 Å². The molecule has 122 valence electrons. The van der Waals surface area contributed by atoms with Crippen molar-refractivity contribution in [2.75, 3.05) is 25.2 Å². The van der Waals surface area contributed by atoms with Crippen LogP contribution in [0, 0.1) is 0 Å². The minimum atomic E-state index is 0.488. The lowest BCUT2D eigenvalue weighted by Crippen LogP contribution is -2.35. The smallest absolute Gasteiger partial charge is 0.186 e. The van der Waals surface area contributed by atoms with Crippen molar-refractivity contribution in [2.24, 2.45) is 0 Å². The fourth-order valence-electron chi connectivity index (χ4n) is 2.12. The Morgan fingerprint density at radius 3 is 2.52 bits per heavy atom. The van der Waals surface area contributed by atoms with E-state index in [1.54, 1.807) is 7.11 Å². The Balaban J connectivity index is 2.91. The van der Waals surface area contributed by atoms with Gasteiger partial charge in [-0.15, -0.1) is 11.3 Å². The summed E-state index contributed by atoms with van der Waals surface area (Å²) in [5, 5.41) is 4.64. The molecule has 0 spiro atoms. The molecule has 1 aromatic heterocycles. The van der Waals surface area contributed by atoms with E-state index in [2.05, 4.69) is 44.8 Å². The van der Waals surface area contributed by atoms with Gasteiger partial charge in [-0.3, -0.25) is 0 Å². The van der Waals surface area contributed by atoms with Gasteiger partial charge in [0.25, 0.3) is 0 Å². The van der Waals surface area contributed by atoms with Gasteiger partial charge < -0.3 is 15.0 Å². The topological polar surface area (TPSA) is 37.4 Å². The van der Waals surface area contributed by atoms with Crippen LogP contribution in [0.2, 0.25) is 0 Å². The number of methoxy groups -OCH3 is 1. The van der Waals surface area contributed by atoms with E-state index >= 15 is 0 Å². The highest BCUT2D eigenvalue weighted by molar-refractivity contribution is 7.15. The standard InChI is InChI=1S/C16H31N3OS/c1-7-13(5)19(9-10-20-6)16-18-14(8-2)15(21-16)11-17-12(3)4/h12-13,17H,7-11H2,1-6H3. The predicted molar refractivity (Wildman–Crippen MR) is 92.4 cm³/mol. The van der Waals surface area contributed by atoms with Crippen LogP contribution in [0.3, 0.4) is 0 Å². The summed E-state index contributed by atoms with van der Waals surface area (Å²) < 4.78 is 5.25. The monoisotopic (exact) mass is 313 g/mol. The van der Waals surface area contributed by atoms with E-state index in [4.69, 9.17) is 9.72 Å². The molecule has 0 aliphatic carbocycles. The number of aromatic nitrogens is 1. The number of thiazole rings is 1. The van der Waals surface area contributed by atoms with Gasteiger partial charge in [0.1, 0.15) is 0 Å². The molecular formula is C16H31N3OS. The van der Waals surface area contributed by atoms with E-state index in [9.17, 15) is 0 Å². The molecule has 1 atom stereocenters. The van der Waals surface area contributed by atoms with E-state index in [1.807, 2.05) is 11.3 Å². The first-order valence-corrected chi connectivity index (χ1v) is 8.82. The summed E-state index contributed by atoms with van der Waals surface area (Å²) in [4.78, 5) is 8.63. The van der Waals surface area contributed by atoms with E-state index in [1.165, 1.54) is 10.6 Å². The minimum Gasteiger partial charge on any atom is -0.383 e. The van der Waals surface area contributed by atoms with Crippen LogP contribution >= 0.6 is 11.3 Å². The number of hydrogen-bond donors (Lipinski definition) is 1. The van der Waals surface area contributed by atoms with Gasteiger partial charge in [0, 0.05) is 37.2 Å². The molecule has 1 rings (SSSR count). The van der Waals surface area contributed by atoms with Crippen LogP contribution in [-0.4, -0.2) is 37.3 Å². The average Bonchev–Trinajstić information content (AvgIpc) is 2.88. The Bertz CT molecular complexity index is 406. The van der Waals surface area contributed by atoms with E-state index < -0.39 is 0 Å². The quantitative estimate of drug-likeness (QED) is 0.718. The summed E-state index contributed by atoms with van der Waals surface area (Å²) in [5.41, 5.74) is 1.23. The van der Waals surface area contributed by atoms with Gasteiger partial charge in [0.05, 0.1) is 12.3 Å². The van der Waals surface area contributed by atoms with E-state index in [0.717, 1.165) is 37.7 Å². The van der Waals surface area contributed by atoms with E-state index in [0.29, 0.717) is 12.1 Å². The third-order valence-corrected chi connectivity index (χ3v) is 4.81. The highest BCUT2D eigenvalue weighted by Gasteiger charge is 2.19. The second-order valence-corrected chi connectivity index (χ2v) is 6.76. The maximum Gasteiger partial charge on any atom is 0.186 e. The number of nitrogens with one attached hydrogen (secondary N) is 1. The molecular weight excluding hydrogens is 282 g/mol. The zero-order chi connectivity index (χ0) is 15.8. The van der Waals surface area contributed by atoms with Gasteiger partial charge in [-0.25, -0.2) is 4.98 Å². The Kier molecular flexibility index (Phi) is 8.22. The maximum atomic E-state index is 5.25. The fourth-order valence-corrected chi connectivity index (χ4v) is 3.35. The largest absolute Gasteiger partial charge is 0.383 e. The Hall–Kier alpha value is -0.650. The molecule has 0 saturated carbocycles. The lowest BCUT2D eigenvalue weighted by Gasteiger charge is -2.27. The summed E-state index contributed by atoms with van der Waals surface area (Å²) in [6.45, 7) is 13.6. The SMILES string of the molecule is CCc1nc(N(CCOC)C(C)CC)sc1CNC(C)C. The zero-order valence-electron chi connectivity index (χ0n) is 14.4. The van der Waals surface area contributed by atoms with Gasteiger partial charge >= 0.3 is 0 Å². The summed E-state index contributed by atoms with van der Waals surface area (Å²) >= 11 is 1.83. The number of ether oxygens (including phenoxy) is 1. The second kappa shape index (κ2) is 9.38. The molecule has 5 heteroatoms. The van der Waals surface area contributed by atoms with Crippen molar-refractivity contribution in [1.29, 1.82) is 0 Å². The van der Waals surface area contributed by atoms with Crippen LogP contribution in [0.25, 0.3) is 0 Å². The van der Waals surface area contributed by atoms with Crippen molar-refractivity contribution in [2.45, 2.75) is 66.1 Å². The predicted octanol–water partition coefficient (Wildman–Crippen LogP) is 3.45. The molecule has 0 aliphatic heterocycles. The Morgan fingerprint density at radius 1 is 1.29 bits per heavy atom. The zero-order valence-corrected chi connectivity index (χ0v) is 15.2. The number of nitrogens with zero attached hydrogens (tertiary/aromatic N) is 2. The van der Waals surface area contributed by atoms with Crippen molar-refractivity contribution < 1.29 is 4.74 Å². The lowest BCUT2D eigenvalue weighted by atomic mass is 10.2. The number of hydrogen-bond acceptors (Lipinski definition) is 5. The second-order valence-electron chi connectivity index (χ2n) is 5.70. The Morgan fingerprint density at radius 2 is 2.00 bits per heavy atom. The first-order valence-electron chi connectivity index (χ1n) is 8.00. The molecule has 0 fully saturated rings. The van der Waals surface area contributed by atoms with Crippen molar-refractivity contribution in [3.63, 3.8) is 0 Å². The molecule has 1 aromatic rings. The third-order valence-electron chi connectivity index (χ3n) is 3.68. The van der Waals surface area contributed by atoms with Crippen LogP contribution < -0.4 is 10.2 Å². The van der Waals surface area contributed by atoms with Gasteiger partial charge in [-0.2, -0.15) is 0 Å². The Labute approximate surface area is 133 Å². The van der Waals surface area contributed by atoms with Crippen molar-refractivity contribution in [1.82, 2.24) is 10.3 Å². The van der Waals surface area contributed by atoms with Gasteiger partial charge in [-0.05, 0) is 19.8 Å². The molecule has 21 heavy (non-hydrogen) atoms. The maximum absolute atomic E-state index is 5.25. The van der Waals surface area contributed by atoms with Gasteiger partial charge in [-0.1, -0.05) is 27.7 Å². The molecule has 1 N–H and O–H groups in total. The van der Waals surface area contributed by atoms with Crippen molar-refractivity contribution >= 4 is 16.5 Å². The first kappa shape index (κ1) is 18.4. The molecule has 0 amide bonds. The van der Waals surface area contributed by atoms with Crippen molar-refractivity contribution in [3.8, 4) is 0 Å². The van der Waals surface area contributed by atoms with Crippen LogP contribution in [0.1, 0.15) is 51.6 Å². The van der Waals surface area contributed by atoms with Crippen LogP contribution in [-0.2, 0) is 17.7 Å². The molecule has 0 radical (unpaired) electrons. The highest BCUT2D eigenvalue weighted by atomic mass is 32.1. The summed E-state index contributed by atoms with van der Waals surface area (Å²) in [5.74, 6) is 0. The molecule has 1 unspecified atom stereocenters. The molecule has 1 heterocycles. The van der Waals surface area contributed by atoms with E-state index in [-0.39, 0.29) is 0 Å². The number of anilines is 1. The fraction of sp³-hybridized carbons (Fsp3) is 0.812.